The summed E-state index contributed by atoms with van der Waals surface area (Å²) in [5.41, 5.74) is 2.77. The minimum absolute atomic E-state index is 0.0694. The summed E-state index contributed by atoms with van der Waals surface area (Å²) >= 11 is 0. The first kappa shape index (κ1) is 16.2. The van der Waals surface area contributed by atoms with Crippen LogP contribution in [-0.4, -0.2) is 45.6 Å². The number of hydrogen-bond donors (Lipinski definition) is 1. The van der Waals surface area contributed by atoms with E-state index in [1.807, 2.05) is 13.0 Å². The molecule has 2 aliphatic heterocycles. The lowest BCUT2D eigenvalue weighted by atomic mass is 10.1. The van der Waals surface area contributed by atoms with Crippen LogP contribution >= 0.6 is 0 Å². The van der Waals surface area contributed by atoms with Crippen molar-refractivity contribution in [3.05, 3.63) is 47.9 Å². The van der Waals surface area contributed by atoms with E-state index in [1.165, 1.54) is 0 Å². The van der Waals surface area contributed by atoms with Crippen LogP contribution in [0.1, 0.15) is 29.8 Å². The van der Waals surface area contributed by atoms with Crippen molar-refractivity contribution in [2.24, 2.45) is 0 Å². The van der Waals surface area contributed by atoms with Gasteiger partial charge in [0.1, 0.15) is 6.10 Å². The summed E-state index contributed by atoms with van der Waals surface area (Å²) in [7, 11) is 0. The molecule has 7 heteroatoms. The highest BCUT2D eigenvalue weighted by atomic mass is 16.5. The zero-order valence-electron chi connectivity index (χ0n) is 14.2. The second-order valence-electron chi connectivity index (χ2n) is 6.72. The van der Waals surface area contributed by atoms with Crippen LogP contribution in [0.4, 0.5) is 0 Å². The molecular weight excluding hydrogens is 320 g/mol. The third kappa shape index (κ3) is 3.57. The highest BCUT2D eigenvalue weighted by Gasteiger charge is 2.45. The molecular formula is C18H22N4O3. The van der Waals surface area contributed by atoms with Crippen molar-refractivity contribution in [1.82, 2.24) is 20.2 Å². The number of likely N-dealkylation sites (tertiary alicyclic amines) is 1. The predicted octanol–water partition coefficient (Wildman–Crippen LogP) is 1.43. The summed E-state index contributed by atoms with van der Waals surface area (Å²) < 4.78 is 11.1. The molecule has 0 radical (unpaired) electrons. The molecule has 1 N–H and O–H groups in total. The minimum atomic E-state index is -0.388. The molecule has 0 aliphatic carbocycles. The second kappa shape index (κ2) is 6.93. The number of hydrogen-bond acceptors (Lipinski definition) is 6. The Labute approximate surface area is 146 Å². The molecule has 2 aliphatic rings. The summed E-state index contributed by atoms with van der Waals surface area (Å²) in [6.07, 6.45) is 8.30. The van der Waals surface area contributed by atoms with Crippen molar-refractivity contribution in [2.75, 3.05) is 6.54 Å². The van der Waals surface area contributed by atoms with Crippen LogP contribution in [0.15, 0.2) is 35.4 Å². The Balaban J connectivity index is 1.31. The van der Waals surface area contributed by atoms with Crippen LogP contribution < -0.4 is 5.32 Å². The highest BCUT2D eigenvalue weighted by molar-refractivity contribution is 5.81. The number of aromatic nitrogens is 2. The fourth-order valence-electron chi connectivity index (χ4n) is 3.62. The van der Waals surface area contributed by atoms with Crippen molar-refractivity contribution in [1.29, 1.82) is 0 Å². The molecule has 2 aromatic heterocycles. The Morgan fingerprint density at radius 2 is 2.32 bits per heavy atom. The third-order valence-electron chi connectivity index (χ3n) is 4.93. The van der Waals surface area contributed by atoms with Crippen LogP contribution in [0.25, 0.3) is 0 Å². The van der Waals surface area contributed by atoms with Crippen molar-refractivity contribution >= 4 is 5.91 Å². The van der Waals surface area contributed by atoms with E-state index < -0.39 is 0 Å². The van der Waals surface area contributed by atoms with E-state index in [2.05, 4.69) is 20.2 Å². The normalized spacial score (nSPS) is 25.9. The lowest BCUT2D eigenvalue weighted by molar-refractivity contribution is -0.132. The van der Waals surface area contributed by atoms with E-state index in [-0.39, 0.29) is 18.1 Å². The fraction of sp³-hybridized carbons (Fsp3) is 0.500. The van der Waals surface area contributed by atoms with Crippen molar-refractivity contribution in [3.8, 4) is 0 Å². The summed E-state index contributed by atoms with van der Waals surface area (Å²) in [6, 6.07) is 2.28. The number of carbonyl (C=O) groups is 1. The van der Waals surface area contributed by atoms with E-state index in [0.29, 0.717) is 12.6 Å². The SMILES string of the molecule is Cc1cnc(CNC(=O)[C@H]2C[C@H]3[C@H](CCN3Cc3ccoc3)O2)cn1. The van der Waals surface area contributed by atoms with Gasteiger partial charge in [-0.1, -0.05) is 0 Å². The summed E-state index contributed by atoms with van der Waals surface area (Å²) in [5.74, 6) is -0.0694. The minimum Gasteiger partial charge on any atom is -0.472 e. The van der Waals surface area contributed by atoms with Crippen LogP contribution in [0.3, 0.4) is 0 Å². The van der Waals surface area contributed by atoms with Crippen molar-refractivity contribution in [3.63, 3.8) is 0 Å². The third-order valence-corrected chi connectivity index (χ3v) is 4.93. The van der Waals surface area contributed by atoms with Gasteiger partial charge < -0.3 is 14.5 Å². The maximum atomic E-state index is 12.4. The zero-order valence-corrected chi connectivity index (χ0v) is 14.2. The number of fused-ring (bicyclic) bond motifs is 1. The van der Waals surface area contributed by atoms with Gasteiger partial charge in [-0.15, -0.1) is 0 Å². The molecule has 1 amide bonds. The monoisotopic (exact) mass is 342 g/mol. The molecule has 4 rings (SSSR count). The molecule has 3 atom stereocenters. The molecule has 0 aromatic carbocycles. The molecule has 25 heavy (non-hydrogen) atoms. The highest BCUT2D eigenvalue weighted by Crippen LogP contribution is 2.34. The molecule has 0 spiro atoms. The number of ether oxygens (including phenoxy) is 1. The number of carbonyl (C=O) groups excluding carboxylic acids is 1. The molecule has 2 fully saturated rings. The fourth-order valence-corrected chi connectivity index (χ4v) is 3.62. The number of nitrogens with zero attached hydrogens (tertiary/aromatic N) is 3. The van der Waals surface area contributed by atoms with Gasteiger partial charge in [-0.25, -0.2) is 0 Å². The van der Waals surface area contributed by atoms with Gasteiger partial charge in [-0.3, -0.25) is 19.7 Å². The van der Waals surface area contributed by atoms with Gasteiger partial charge in [-0.05, 0) is 19.4 Å². The number of furan rings is 1. The first-order chi connectivity index (χ1) is 12.2. The first-order valence-corrected chi connectivity index (χ1v) is 8.65. The van der Waals surface area contributed by atoms with Gasteiger partial charge in [-0.2, -0.15) is 0 Å². The lowest BCUT2D eigenvalue weighted by Gasteiger charge is -2.21. The molecule has 2 saturated heterocycles. The average Bonchev–Trinajstić information content (AvgIpc) is 3.33. The first-order valence-electron chi connectivity index (χ1n) is 8.65. The van der Waals surface area contributed by atoms with Gasteiger partial charge >= 0.3 is 0 Å². The molecule has 0 bridgehead atoms. The number of nitrogens with one attached hydrogen (secondary N) is 1. The Morgan fingerprint density at radius 3 is 3.08 bits per heavy atom. The lowest BCUT2D eigenvalue weighted by Crippen LogP contribution is -2.36. The molecule has 4 heterocycles. The van der Waals surface area contributed by atoms with E-state index in [1.54, 1.807) is 24.9 Å². The Kier molecular flexibility index (Phi) is 4.50. The Morgan fingerprint density at radius 1 is 1.40 bits per heavy atom. The van der Waals surface area contributed by atoms with Crippen LogP contribution in [-0.2, 0) is 22.6 Å². The van der Waals surface area contributed by atoms with E-state index in [9.17, 15) is 4.79 Å². The molecule has 0 saturated carbocycles. The number of amides is 1. The van der Waals surface area contributed by atoms with Crippen LogP contribution in [0, 0.1) is 6.92 Å². The van der Waals surface area contributed by atoms with Gasteiger partial charge in [0, 0.05) is 37.3 Å². The zero-order chi connectivity index (χ0) is 17.2. The van der Waals surface area contributed by atoms with Gasteiger partial charge in [0.2, 0.25) is 5.91 Å². The quantitative estimate of drug-likeness (QED) is 0.885. The Bertz CT molecular complexity index is 716. The standard InChI is InChI=1S/C18H22N4O3/c1-12-7-20-14(8-19-12)9-21-18(23)17-6-15-16(25-17)2-4-22(15)10-13-3-5-24-11-13/h3,5,7-8,11,15-17H,2,4,6,9-10H2,1H3,(H,21,23)/t15-,16-,17+/m0/s1. The summed E-state index contributed by atoms with van der Waals surface area (Å²) in [5, 5.41) is 2.91. The maximum absolute atomic E-state index is 12.4. The van der Waals surface area contributed by atoms with Crippen molar-refractivity contribution in [2.45, 2.75) is 51.1 Å². The largest absolute Gasteiger partial charge is 0.472 e. The molecule has 7 nitrogen and oxygen atoms in total. The van der Waals surface area contributed by atoms with Crippen LogP contribution in [0.5, 0.6) is 0 Å². The van der Waals surface area contributed by atoms with Gasteiger partial charge in [0.05, 0.1) is 42.8 Å². The predicted molar refractivity (Wildman–Crippen MR) is 89.4 cm³/mol. The maximum Gasteiger partial charge on any atom is 0.249 e. The van der Waals surface area contributed by atoms with E-state index >= 15 is 0 Å². The average molecular weight is 342 g/mol. The second-order valence-corrected chi connectivity index (χ2v) is 6.72. The molecule has 0 unspecified atom stereocenters. The molecule has 2 aromatic rings. The van der Waals surface area contributed by atoms with Crippen LogP contribution in [0.2, 0.25) is 0 Å². The summed E-state index contributed by atoms with van der Waals surface area (Å²) in [6.45, 7) is 4.10. The van der Waals surface area contributed by atoms with E-state index in [0.717, 1.165) is 42.9 Å². The summed E-state index contributed by atoms with van der Waals surface area (Å²) in [4.78, 5) is 23.2. The Hall–Kier alpha value is -2.25. The smallest absolute Gasteiger partial charge is 0.249 e. The van der Waals surface area contributed by atoms with Crippen molar-refractivity contribution < 1.29 is 13.9 Å². The molecule has 132 valence electrons. The number of rotatable bonds is 5. The van der Waals surface area contributed by atoms with Gasteiger partial charge in [0.25, 0.3) is 0 Å². The number of aryl methyl sites for hydroxylation is 1. The topological polar surface area (TPSA) is 80.5 Å². The van der Waals surface area contributed by atoms with Gasteiger partial charge in [0.15, 0.2) is 0 Å². The van der Waals surface area contributed by atoms with E-state index in [4.69, 9.17) is 9.15 Å².